The Morgan fingerprint density at radius 3 is 1.71 bits per heavy atom. The van der Waals surface area contributed by atoms with Crippen LogP contribution in [0.5, 0.6) is 0 Å². The molecular weight excluding hydrogens is 861 g/mol. The Bertz CT molecular complexity index is 1570. The van der Waals surface area contributed by atoms with Gasteiger partial charge >= 0.3 is 23.3 Å². The molecule has 0 unspecified atom stereocenters. The summed E-state index contributed by atoms with van der Waals surface area (Å²) in [4.78, 5) is 65.2. The molecule has 0 radical (unpaired) electrons. The maximum Gasteiger partial charge on any atom is 0.353 e. The molecule has 2 aliphatic rings. The van der Waals surface area contributed by atoms with Gasteiger partial charge in [0.25, 0.3) is 1.45 Å². The molecule has 2 saturated heterocycles. The van der Waals surface area contributed by atoms with Crippen molar-refractivity contribution in [3.8, 4) is 0 Å². The van der Waals surface area contributed by atoms with Crippen molar-refractivity contribution < 1.29 is 38.0 Å². The maximum absolute atomic E-state index is 11.9. The second kappa shape index (κ2) is 31.4. The molecule has 2 fully saturated rings. The van der Waals surface area contributed by atoms with E-state index < -0.39 is 21.5 Å². The van der Waals surface area contributed by atoms with Gasteiger partial charge in [0, 0.05) is 13.0 Å². The van der Waals surface area contributed by atoms with E-state index in [1.54, 1.807) is 17.4 Å². The van der Waals surface area contributed by atoms with Crippen LogP contribution < -0.4 is 10.6 Å². The number of anilines is 2. The molecule has 0 aliphatic carbocycles. The fourth-order valence-electron chi connectivity index (χ4n) is 5.88. The highest BCUT2D eigenvalue weighted by Crippen LogP contribution is 2.34. The number of carbonyl (C=O) groups excluding carboxylic acids is 2. The molecule has 2 aromatic rings. The number of aromatic nitrogens is 4. The monoisotopic (exact) mass is 921 g/mol. The second-order valence-corrected chi connectivity index (χ2v) is 15.3. The van der Waals surface area contributed by atoms with Crippen molar-refractivity contribution in [1.29, 1.82) is 1.45 Å². The number of esters is 2. The van der Waals surface area contributed by atoms with Gasteiger partial charge < -0.3 is 29.9 Å². The van der Waals surface area contributed by atoms with E-state index in [-0.39, 0.29) is 47.6 Å². The number of hydrogen-bond acceptors (Lipinski definition) is 18. The van der Waals surface area contributed by atoms with Gasteiger partial charge in [0.1, 0.15) is 6.54 Å². The minimum absolute atomic E-state index is 0. The van der Waals surface area contributed by atoms with Crippen LogP contribution in [-0.2, 0) is 19.1 Å². The van der Waals surface area contributed by atoms with E-state index in [4.69, 9.17) is 38.4 Å². The standard InChI is InChI=1S/C16H26N6O4S.C12H23NO2.C5H3Cl2N3O2S.CH3F.CH4.FH/c1-20-7-4-11(5-8-20)6-9-21(10-12(23)26-2)15-13(22(24)25)14(17)18-16(19-15)27-3;1-13-9-7-11(8-10-13)5-3-4-6-12(14)15-2;1-13-5-8-3(6)2(10(11)12)4(7)9-5;1-2;;/h11H,4-10H2,1-3H3,(H2,17,18,19);11H,3-10H2,1-2H3;1H3;1H3;1H4;1H/i/hD. The molecule has 338 valence electrons. The van der Waals surface area contributed by atoms with Gasteiger partial charge in [-0.3, -0.25) is 38.9 Å². The highest BCUT2D eigenvalue weighted by atomic mass is 35.5. The van der Waals surface area contributed by atoms with Crippen molar-refractivity contribution in [3.63, 3.8) is 0 Å². The van der Waals surface area contributed by atoms with Crippen LogP contribution in [0.15, 0.2) is 10.3 Å². The molecule has 4 rings (SSSR count). The lowest BCUT2D eigenvalue weighted by atomic mass is 9.91. The van der Waals surface area contributed by atoms with Crippen LogP contribution in [0.4, 0.5) is 32.1 Å². The number of rotatable bonds is 15. The van der Waals surface area contributed by atoms with Crippen LogP contribution in [0, 0.1) is 32.1 Å². The molecular formula is C35H60Cl2F2N10O8S2. The predicted octanol–water partition coefficient (Wildman–Crippen LogP) is 7.25. The average Bonchev–Trinajstić information content (AvgIpc) is 3.23. The first-order chi connectivity index (χ1) is 28.1. The lowest BCUT2D eigenvalue weighted by molar-refractivity contribution is -0.385. The average molecular weight is 923 g/mol. The lowest BCUT2D eigenvalue weighted by Gasteiger charge is -2.31. The predicted molar refractivity (Wildman–Crippen MR) is 231 cm³/mol. The highest BCUT2D eigenvalue weighted by Gasteiger charge is 2.30. The Balaban J connectivity index is 0. The number of nitrogen functional groups attached to an aromatic ring is 1. The Kier molecular flexibility index (Phi) is 29.6. The number of thioether (sulfide) groups is 2. The highest BCUT2D eigenvalue weighted by molar-refractivity contribution is 7.98. The molecule has 2 aliphatic heterocycles. The first-order valence-electron chi connectivity index (χ1n) is 18.4. The smallest absolute Gasteiger partial charge is 0.353 e. The summed E-state index contributed by atoms with van der Waals surface area (Å²) >= 11 is 13.5. The molecule has 59 heavy (non-hydrogen) atoms. The Morgan fingerprint density at radius 1 is 0.847 bits per heavy atom. The topological polar surface area (TPSA) is 226 Å². The van der Waals surface area contributed by atoms with Crippen molar-refractivity contribution >= 4 is 81.7 Å². The van der Waals surface area contributed by atoms with Gasteiger partial charge in [0.15, 0.2) is 10.3 Å². The van der Waals surface area contributed by atoms with Gasteiger partial charge in [0.2, 0.25) is 21.9 Å². The van der Waals surface area contributed by atoms with Gasteiger partial charge in [-0.2, -0.15) is 9.97 Å². The van der Waals surface area contributed by atoms with Crippen molar-refractivity contribution in [1.82, 2.24) is 29.7 Å². The molecule has 0 aromatic carbocycles. The quantitative estimate of drug-likeness (QED) is 0.0353. The van der Waals surface area contributed by atoms with Crippen LogP contribution in [-0.4, -0.2) is 140 Å². The van der Waals surface area contributed by atoms with E-state index in [0.717, 1.165) is 44.7 Å². The Morgan fingerprint density at radius 2 is 1.29 bits per heavy atom. The lowest BCUT2D eigenvalue weighted by Crippen LogP contribution is -2.36. The summed E-state index contributed by atoms with van der Waals surface area (Å²) in [5, 5.41) is 22.1. The SMILES string of the molecule is C.CF.COC(=O)CCCCC1CCN(C)CC1.COC(=O)CN(CCC1CCN(C)CC1)c1nc(SC)nc(N)c1[N+](=O)[O-].CSc1nc(Cl)c([N+](=O)[O-])c(Cl)n1.[2H]F. The summed E-state index contributed by atoms with van der Waals surface area (Å²) in [5.41, 5.74) is 4.97. The largest absolute Gasteiger partial charge is 0.469 e. The molecule has 2 N–H and O–H groups in total. The van der Waals surface area contributed by atoms with Gasteiger partial charge in [-0.15, -0.1) is 0 Å². The summed E-state index contributed by atoms with van der Waals surface area (Å²) in [5.74, 6) is 0.686. The van der Waals surface area contributed by atoms with E-state index in [0.29, 0.717) is 36.4 Å². The maximum atomic E-state index is 11.9. The normalized spacial score (nSPS) is 14.4. The number of unbranched alkanes of at least 4 members (excludes halogenated alkanes) is 1. The summed E-state index contributed by atoms with van der Waals surface area (Å²) in [6.45, 7) is 4.85. The number of nitro groups is 2. The third-order valence-electron chi connectivity index (χ3n) is 9.18. The number of nitrogens with two attached hydrogens (primary N) is 1. The molecule has 0 spiro atoms. The molecule has 4 heterocycles. The van der Waals surface area contributed by atoms with Crippen LogP contribution in [0.1, 0.15) is 65.2 Å². The molecule has 2 aromatic heterocycles. The van der Waals surface area contributed by atoms with Crippen LogP contribution >= 0.6 is 46.7 Å². The minimum Gasteiger partial charge on any atom is -0.469 e. The first-order valence-corrected chi connectivity index (χ1v) is 21.2. The van der Waals surface area contributed by atoms with E-state index in [1.165, 1.54) is 76.5 Å². The third kappa shape index (κ3) is 21.1. The number of ether oxygens (including phenoxy) is 2. The van der Waals surface area contributed by atoms with Gasteiger partial charge in [0.05, 0.1) is 31.2 Å². The zero-order valence-corrected chi connectivity index (χ0v) is 37.1. The number of methoxy groups -OCH3 is 2. The summed E-state index contributed by atoms with van der Waals surface area (Å²) < 4.78 is 31.9. The summed E-state index contributed by atoms with van der Waals surface area (Å²) in [6, 6.07) is 0. The van der Waals surface area contributed by atoms with Crippen LogP contribution in [0.25, 0.3) is 0 Å². The fraction of sp³-hybridized carbons (Fsp3) is 0.714. The van der Waals surface area contributed by atoms with Gasteiger partial charge in [-0.05, 0) is 103 Å². The number of piperidine rings is 2. The Labute approximate surface area is 365 Å². The Hall–Kier alpha value is -3.44. The molecule has 0 saturated carbocycles. The molecule has 0 atom stereocenters. The zero-order valence-electron chi connectivity index (χ0n) is 35.0. The second-order valence-electron chi connectivity index (χ2n) is 13.0. The summed E-state index contributed by atoms with van der Waals surface area (Å²) in [6.07, 6.45) is 13.1. The van der Waals surface area contributed by atoms with Gasteiger partial charge in [-0.25, -0.2) is 9.97 Å². The minimum atomic E-state index is -0.714. The van der Waals surface area contributed by atoms with E-state index >= 15 is 0 Å². The molecule has 24 heteroatoms. The number of nitrogens with zero attached hydrogens (tertiary/aromatic N) is 9. The van der Waals surface area contributed by atoms with E-state index in [1.807, 2.05) is 0 Å². The number of halogens is 4. The van der Waals surface area contributed by atoms with Crippen LogP contribution in [0.2, 0.25) is 10.3 Å². The molecule has 0 bridgehead atoms. The first kappa shape index (κ1) is 55.6. The third-order valence-corrected chi connectivity index (χ3v) is 10.8. The summed E-state index contributed by atoms with van der Waals surface area (Å²) in [7, 11) is 7.52. The van der Waals surface area contributed by atoms with Crippen molar-refractivity contribution in [2.24, 2.45) is 11.8 Å². The van der Waals surface area contributed by atoms with Crippen molar-refractivity contribution in [3.05, 3.63) is 30.5 Å². The molecule has 0 amide bonds. The number of carbonyl (C=O) groups is 2. The zero-order chi connectivity index (χ0) is 45.1. The molecule has 18 nitrogen and oxygen atoms in total. The van der Waals surface area contributed by atoms with E-state index in [2.05, 4.69) is 50.0 Å². The van der Waals surface area contributed by atoms with E-state index in [9.17, 15) is 34.2 Å². The number of likely N-dealkylation sites (tertiary alicyclic amines) is 2. The van der Waals surface area contributed by atoms with Crippen LogP contribution in [0.3, 0.4) is 0 Å². The van der Waals surface area contributed by atoms with Gasteiger partial charge in [-0.1, -0.05) is 67.0 Å². The number of hydrogen-bond donors (Lipinski definition) is 1. The number of alkyl halides is 1. The fourth-order valence-corrected chi connectivity index (χ4v) is 7.23. The van der Waals surface area contributed by atoms with Crippen molar-refractivity contribution in [2.45, 2.75) is 75.5 Å². The van der Waals surface area contributed by atoms with Crippen molar-refractivity contribution in [2.75, 3.05) is 97.9 Å².